The lowest BCUT2D eigenvalue weighted by molar-refractivity contribution is 0.123. The van der Waals surface area contributed by atoms with E-state index in [-0.39, 0.29) is 4.90 Å². The average Bonchev–Trinajstić information content (AvgIpc) is 2.97. The van der Waals surface area contributed by atoms with Crippen LogP contribution in [0, 0.1) is 5.82 Å². The van der Waals surface area contributed by atoms with Crippen molar-refractivity contribution >= 4 is 10.0 Å². The number of benzene rings is 1. The molecule has 1 aromatic heterocycles. The molecule has 130 valence electrons. The number of nitrogens with zero attached hydrogens (tertiary/aromatic N) is 4. The van der Waals surface area contributed by atoms with Crippen LogP contribution in [0.4, 0.5) is 4.39 Å². The molecule has 1 aliphatic rings. The second-order valence-corrected chi connectivity index (χ2v) is 7.40. The summed E-state index contributed by atoms with van der Waals surface area (Å²) < 4.78 is 47.3. The molecule has 1 atom stereocenters. The third kappa shape index (κ3) is 2.94. The smallest absolute Gasteiger partial charge is 0.243 e. The van der Waals surface area contributed by atoms with Crippen molar-refractivity contribution in [2.24, 2.45) is 0 Å². The van der Waals surface area contributed by atoms with Crippen LogP contribution in [0.2, 0.25) is 0 Å². The Morgan fingerprint density at radius 2 is 1.96 bits per heavy atom. The van der Waals surface area contributed by atoms with Gasteiger partial charge in [0.1, 0.15) is 12.4 Å². The summed E-state index contributed by atoms with van der Waals surface area (Å²) in [5, 5.41) is 8.23. The van der Waals surface area contributed by atoms with Gasteiger partial charge in [0.15, 0.2) is 11.6 Å². The molecule has 1 aliphatic heterocycles. The standard InChI is InChI=1S/C15H19FN4O3S/c1-3-23-10-14-17-18-15-11(2)20(9-8-19(14)15)24(21,22)13-6-4-12(16)5-7-13/h4-7,11H,3,8-10H2,1-2H3/t11-/m0/s1. The molecule has 0 saturated heterocycles. The summed E-state index contributed by atoms with van der Waals surface area (Å²) in [6, 6.07) is 4.37. The molecular formula is C15H19FN4O3S. The van der Waals surface area contributed by atoms with E-state index in [1.54, 1.807) is 6.92 Å². The third-order valence-electron chi connectivity index (χ3n) is 4.06. The van der Waals surface area contributed by atoms with Crippen LogP contribution >= 0.6 is 0 Å². The molecule has 24 heavy (non-hydrogen) atoms. The lowest BCUT2D eigenvalue weighted by Crippen LogP contribution is -2.41. The van der Waals surface area contributed by atoms with Crippen LogP contribution in [0.15, 0.2) is 29.2 Å². The predicted molar refractivity (Wildman–Crippen MR) is 84.1 cm³/mol. The molecule has 2 aromatic rings. The highest BCUT2D eigenvalue weighted by Crippen LogP contribution is 2.30. The lowest BCUT2D eigenvalue weighted by Gasteiger charge is -2.32. The molecule has 0 fully saturated rings. The van der Waals surface area contributed by atoms with Gasteiger partial charge in [-0.2, -0.15) is 4.31 Å². The number of hydrogen-bond acceptors (Lipinski definition) is 5. The molecule has 0 N–H and O–H groups in total. The van der Waals surface area contributed by atoms with E-state index in [1.807, 2.05) is 11.5 Å². The van der Waals surface area contributed by atoms with E-state index in [2.05, 4.69) is 10.2 Å². The second kappa shape index (κ2) is 6.58. The third-order valence-corrected chi connectivity index (χ3v) is 6.05. The van der Waals surface area contributed by atoms with Gasteiger partial charge in [-0.3, -0.25) is 0 Å². The Kier molecular flexibility index (Phi) is 4.66. The Morgan fingerprint density at radius 3 is 2.62 bits per heavy atom. The van der Waals surface area contributed by atoms with E-state index >= 15 is 0 Å². The van der Waals surface area contributed by atoms with E-state index < -0.39 is 21.9 Å². The van der Waals surface area contributed by atoms with E-state index in [4.69, 9.17) is 4.74 Å². The number of rotatable bonds is 5. The molecule has 0 aliphatic carbocycles. The van der Waals surface area contributed by atoms with Crippen molar-refractivity contribution in [1.29, 1.82) is 0 Å². The Labute approximate surface area is 140 Å². The number of halogens is 1. The highest BCUT2D eigenvalue weighted by molar-refractivity contribution is 7.89. The zero-order valence-electron chi connectivity index (χ0n) is 13.5. The Morgan fingerprint density at radius 1 is 1.25 bits per heavy atom. The fourth-order valence-corrected chi connectivity index (χ4v) is 4.38. The van der Waals surface area contributed by atoms with E-state index in [1.165, 1.54) is 16.4 Å². The summed E-state index contributed by atoms with van der Waals surface area (Å²) in [5.41, 5.74) is 0. The van der Waals surface area contributed by atoms with Crippen molar-refractivity contribution in [3.63, 3.8) is 0 Å². The molecule has 2 heterocycles. The van der Waals surface area contributed by atoms with Crippen LogP contribution in [-0.2, 0) is 27.9 Å². The van der Waals surface area contributed by atoms with Gasteiger partial charge in [0, 0.05) is 19.7 Å². The summed E-state index contributed by atoms with van der Waals surface area (Å²) in [5.74, 6) is 0.806. The maximum atomic E-state index is 13.1. The molecule has 0 bridgehead atoms. The molecule has 3 rings (SSSR count). The first-order chi connectivity index (χ1) is 11.4. The molecule has 7 nitrogen and oxygen atoms in total. The van der Waals surface area contributed by atoms with Gasteiger partial charge in [-0.25, -0.2) is 12.8 Å². The summed E-state index contributed by atoms with van der Waals surface area (Å²) in [6.45, 7) is 5.34. The number of sulfonamides is 1. The van der Waals surface area contributed by atoms with Gasteiger partial charge in [-0.15, -0.1) is 10.2 Å². The first kappa shape index (κ1) is 17.0. The van der Waals surface area contributed by atoms with Gasteiger partial charge in [0.2, 0.25) is 10.0 Å². The van der Waals surface area contributed by atoms with Crippen molar-refractivity contribution in [1.82, 2.24) is 19.1 Å². The molecule has 0 radical (unpaired) electrons. The normalized spacial score (nSPS) is 18.5. The van der Waals surface area contributed by atoms with Gasteiger partial charge in [0.25, 0.3) is 0 Å². The Hall–Kier alpha value is -1.84. The average molecular weight is 354 g/mol. The molecular weight excluding hydrogens is 335 g/mol. The minimum Gasteiger partial charge on any atom is -0.374 e. The Bertz CT molecular complexity index is 820. The quantitative estimate of drug-likeness (QED) is 0.817. The highest BCUT2D eigenvalue weighted by Gasteiger charge is 2.36. The number of aromatic nitrogens is 3. The van der Waals surface area contributed by atoms with Crippen LogP contribution < -0.4 is 0 Å². The predicted octanol–water partition coefficient (Wildman–Crippen LogP) is 1.72. The van der Waals surface area contributed by atoms with Crippen LogP contribution in [-0.4, -0.2) is 40.6 Å². The molecule has 0 spiro atoms. The maximum absolute atomic E-state index is 13.1. The maximum Gasteiger partial charge on any atom is 0.243 e. The van der Waals surface area contributed by atoms with Crippen LogP contribution in [0.25, 0.3) is 0 Å². The molecule has 9 heteroatoms. The summed E-state index contributed by atoms with van der Waals surface area (Å²) >= 11 is 0. The molecule has 0 unspecified atom stereocenters. The van der Waals surface area contributed by atoms with Gasteiger partial charge >= 0.3 is 0 Å². The number of fused-ring (bicyclic) bond motifs is 1. The van der Waals surface area contributed by atoms with Crippen LogP contribution in [0.3, 0.4) is 0 Å². The molecule has 1 aromatic carbocycles. The van der Waals surface area contributed by atoms with Gasteiger partial charge < -0.3 is 9.30 Å². The van der Waals surface area contributed by atoms with Gasteiger partial charge in [0.05, 0.1) is 10.9 Å². The monoisotopic (exact) mass is 354 g/mol. The van der Waals surface area contributed by atoms with Crippen LogP contribution in [0.5, 0.6) is 0 Å². The van der Waals surface area contributed by atoms with Crippen molar-refractivity contribution in [3.8, 4) is 0 Å². The van der Waals surface area contributed by atoms with Crippen LogP contribution in [0.1, 0.15) is 31.5 Å². The summed E-state index contributed by atoms with van der Waals surface area (Å²) in [6.07, 6.45) is 0. The first-order valence-corrected chi connectivity index (χ1v) is 9.16. The number of ether oxygens (including phenoxy) is 1. The fourth-order valence-electron chi connectivity index (χ4n) is 2.79. The summed E-state index contributed by atoms with van der Waals surface area (Å²) in [7, 11) is -3.72. The second-order valence-electron chi connectivity index (χ2n) is 5.51. The summed E-state index contributed by atoms with van der Waals surface area (Å²) in [4.78, 5) is 0.0678. The van der Waals surface area contributed by atoms with E-state index in [9.17, 15) is 12.8 Å². The largest absolute Gasteiger partial charge is 0.374 e. The van der Waals surface area contributed by atoms with Gasteiger partial charge in [-0.1, -0.05) is 0 Å². The molecule has 0 saturated carbocycles. The minimum absolute atomic E-state index is 0.0678. The lowest BCUT2D eigenvalue weighted by atomic mass is 10.2. The van der Waals surface area contributed by atoms with Crippen molar-refractivity contribution in [2.75, 3.05) is 13.2 Å². The van der Waals surface area contributed by atoms with E-state index in [0.717, 1.165) is 12.1 Å². The topological polar surface area (TPSA) is 77.3 Å². The zero-order chi connectivity index (χ0) is 17.3. The minimum atomic E-state index is -3.72. The highest BCUT2D eigenvalue weighted by atomic mass is 32.2. The Balaban J connectivity index is 1.89. The van der Waals surface area contributed by atoms with Crippen molar-refractivity contribution < 1.29 is 17.5 Å². The number of hydrogen-bond donors (Lipinski definition) is 0. The zero-order valence-corrected chi connectivity index (χ0v) is 14.3. The SMILES string of the molecule is CCOCc1nnc2n1CCN(S(=O)(=O)c1ccc(F)cc1)[C@H]2C. The van der Waals surface area contributed by atoms with E-state index in [0.29, 0.717) is 38.0 Å². The van der Waals surface area contributed by atoms with Crippen molar-refractivity contribution in [2.45, 2.75) is 37.9 Å². The first-order valence-electron chi connectivity index (χ1n) is 7.72. The fraction of sp³-hybridized carbons (Fsp3) is 0.467. The van der Waals surface area contributed by atoms with Gasteiger partial charge in [-0.05, 0) is 38.1 Å². The molecule has 0 amide bonds. The van der Waals surface area contributed by atoms with Crippen molar-refractivity contribution in [3.05, 3.63) is 41.7 Å².